The van der Waals surface area contributed by atoms with Crippen LogP contribution in [0.2, 0.25) is 0 Å². The molecular weight excluding hydrogens is 791 g/mol. The molecule has 0 bridgehead atoms. The second kappa shape index (κ2) is 53.7. The maximum Gasteiger partial charge on any atom is 0.305 e. The van der Waals surface area contributed by atoms with E-state index < -0.39 is 12.1 Å². The monoisotopic (exact) mass is 900 g/mol. The van der Waals surface area contributed by atoms with Crippen molar-refractivity contribution < 1.29 is 24.5 Å². The summed E-state index contributed by atoms with van der Waals surface area (Å²) in [7, 11) is 0. The molecule has 2 atom stereocenters. The molecule has 0 fully saturated rings. The summed E-state index contributed by atoms with van der Waals surface area (Å²) in [5, 5.41) is 23.0. The summed E-state index contributed by atoms with van der Waals surface area (Å²) in [5.74, 6) is -0.0977. The lowest BCUT2D eigenvalue weighted by atomic mass is 10.0. The molecule has 6 nitrogen and oxygen atoms in total. The molecule has 0 aliphatic rings. The molecule has 2 unspecified atom stereocenters. The summed E-state index contributed by atoms with van der Waals surface area (Å²) in [6.07, 6.45) is 66.0. The molecule has 0 spiro atoms. The fraction of sp³-hybridized carbons (Fsp3) is 0.862. The normalized spacial score (nSPS) is 12.9. The molecule has 0 aromatic carbocycles. The highest BCUT2D eigenvalue weighted by Gasteiger charge is 2.18. The minimum atomic E-state index is -0.853. The number of nitrogens with one attached hydrogen (secondary N) is 1. The van der Waals surface area contributed by atoms with E-state index in [2.05, 4.69) is 43.5 Å². The standard InChI is InChI=1S/C58H109NO5/c1-3-5-7-9-11-13-15-16-17-18-19-22-25-28-32-36-40-44-48-52-58(63)64-53-49-45-41-37-33-29-26-23-20-21-24-27-31-35-39-43-47-51-57(62)59-55(54-60)56(61)50-46-42-38-34-30-14-12-10-8-6-4-2/h20,23,29,33,46,50,55-56,60-61H,3-19,21-22,24-28,30-32,34-45,47-49,51-54H2,1-2H3,(H,59,62)/b23-20-,33-29-,50-46+. The first-order valence-electron chi connectivity index (χ1n) is 28.3. The maximum atomic E-state index is 12.4. The lowest BCUT2D eigenvalue weighted by molar-refractivity contribution is -0.143. The molecule has 376 valence electrons. The Hall–Kier alpha value is -1.92. The van der Waals surface area contributed by atoms with Gasteiger partial charge in [0.1, 0.15) is 0 Å². The van der Waals surface area contributed by atoms with E-state index in [0.717, 1.165) is 83.5 Å². The number of aliphatic hydroxyl groups is 2. The molecule has 0 saturated carbocycles. The minimum Gasteiger partial charge on any atom is -0.466 e. The van der Waals surface area contributed by atoms with E-state index in [4.69, 9.17) is 4.74 Å². The number of rotatable bonds is 52. The highest BCUT2D eigenvalue weighted by molar-refractivity contribution is 5.76. The molecule has 64 heavy (non-hydrogen) atoms. The summed E-state index contributed by atoms with van der Waals surface area (Å²) >= 11 is 0. The summed E-state index contributed by atoms with van der Waals surface area (Å²) in [6.45, 7) is 4.85. The molecule has 0 saturated heterocycles. The number of carbonyl (C=O) groups is 2. The molecule has 6 heteroatoms. The first-order chi connectivity index (χ1) is 31.5. The van der Waals surface area contributed by atoms with Crippen molar-refractivity contribution in [1.29, 1.82) is 0 Å². The van der Waals surface area contributed by atoms with Gasteiger partial charge in [-0.15, -0.1) is 0 Å². The van der Waals surface area contributed by atoms with Crippen LogP contribution in [0.1, 0.15) is 296 Å². The Bertz CT molecular complexity index is 1040. The molecule has 0 heterocycles. The van der Waals surface area contributed by atoms with Crippen LogP contribution in [0.5, 0.6) is 0 Å². The third-order valence-corrected chi connectivity index (χ3v) is 12.9. The Morgan fingerprint density at radius 1 is 0.438 bits per heavy atom. The Balaban J connectivity index is 3.47. The van der Waals surface area contributed by atoms with Gasteiger partial charge in [-0.05, 0) is 70.6 Å². The van der Waals surface area contributed by atoms with E-state index in [-0.39, 0.29) is 18.5 Å². The van der Waals surface area contributed by atoms with Crippen molar-refractivity contribution in [1.82, 2.24) is 5.32 Å². The second-order valence-corrected chi connectivity index (χ2v) is 19.3. The van der Waals surface area contributed by atoms with Crippen molar-refractivity contribution >= 4 is 11.9 Å². The van der Waals surface area contributed by atoms with Crippen LogP contribution < -0.4 is 5.32 Å². The Morgan fingerprint density at radius 2 is 0.781 bits per heavy atom. The molecule has 3 N–H and O–H groups in total. The van der Waals surface area contributed by atoms with Crippen molar-refractivity contribution in [2.45, 2.75) is 309 Å². The highest BCUT2D eigenvalue weighted by atomic mass is 16.5. The van der Waals surface area contributed by atoms with E-state index in [1.807, 2.05) is 6.08 Å². The largest absolute Gasteiger partial charge is 0.466 e. The maximum absolute atomic E-state index is 12.4. The first-order valence-corrected chi connectivity index (χ1v) is 28.3. The van der Waals surface area contributed by atoms with Crippen molar-refractivity contribution in [2.24, 2.45) is 0 Å². The highest BCUT2D eigenvalue weighted by Crippen LogP contribution is 2.16. The number of unbranched alkanes of at least 4 members (excludes halogenated alkanes) is 37. The van der Waals surface area contributed by atoms with Crippen LogP contribution in [0.3, 0.4) is 0 Å². The van der Waals surface area contributed by atoms with Crippen LogP contribution >= 0.6 is 0 Å². The zero-order chi connectivity index (χ0) is 46.5. The van der Waals surface area contributed by atoms with Crippen LogP contribution in [0.4, 0.5) is 0 Å². The van der Waals surface area contributed by atoms with Crippen LogP contribution in [-0.4, -0.2) is 47.4 Å². The van der Waals surface area contributed by atoms with Gasteiger partial charge < -0.3 is 20.3 Å². The van der Waals surface area contributed by atoms with Crippen LogP contribution in [-0.2, 0) is 14.3 Å². The lowest BCUT2D eigenvalue weighted by Crippen LogP contribution is -2.45. The third kappa shape index (κ3) is 49.5. The summed E-state index contributed by atoms with van der Waals surface area (Å²) in [5.41, 5.74) is 0. The SMILES string of the molecule is CCCCCCCCCCC/C=C/C(O)C(CO)NC(=O)CCCCCCCCC/C=C\C/C=C\CCCCCOC(=O)CCCCCCCCCCCCCCCCCCCCC. The Labute approximate surface area is 398 Å². The Morgan fingerprint density at radius 3 is 1.19 bits per heavy atom. The van der Waals surface area contributed by atoms with Gasteiger partial charge in [0.2, 0.25) is 5.91 Å². The van der Waals surface area contributed by atoms with Gasteiger partial charge in [0.15, 0.2) is 0 Å². The summed E-state index contributed by atoms with van der Waals surface area (Å²) < 4.78 is 5.47. The zero-order valence-electron chi connectivity index (χ0n) is 42.8. The molecule has 0 aromatic rings. The zero-order valence-corrected chi connectivity index (χ0v) is 42.8. The number of amides is 1. The van der Waals surface area contributed by atoms with Crippen LogP contribution in [0.15, 0.2) is 36.5 Å². The molecule has 0 radical (unpaired) electrons. The van der Waals surface area contributed by atoms with Crippen molar-refractivity contribution in [3.05, 3.63) is 36.5 Å². The van der Waals surface area contributed by atoms with Crippen LogP contribution in [0, 0.1) is 0 Å². The van der Waals surface area contributed by atoms with Gasteiger partial charge in [-0.1, -0.05) is 249 Å². The molecule has 0 rings (SSSR count). The minimum absolute atomic E-state index is 0.0121. The predicted molar refractivity (Wildman–Crippen MR) is 278 cm³/mol. The predicted octanol–water partition coefficient (Wildman–Crippen LogP) is 17.2. The van der Waals surface area contributed by atoms with Crippen molar-refractivity contribution in [3.8, 4) is 0 Å². The van der Waals surface area contributed by atoms with Crippen molar-refractivity contribution in [2.75, 3.05) is 13.2 Å². The van der Waals surface area contributed by atoms with Gasteiger partial charge in [0, 0.05) is 12.8 Å². The van der Waals surface area contributed by atoms with E-state index >= 15 is 0 Å². The number of carbonyl (C=O) groups excluding carboxylic acids is 2. The third-order valence-electron chi connectivity index (χ3n) is 12.9. The number of aliphatic hydroxyl groups excluding tert-OH is 2. The Kier molecular flexibility index (Phi) is 52.1. The first kappa shape index (κ1) is 62.1. The van der Waals surface area contributed by atoms with Gasteiger partial charge in [-0.3, -0.25) is 9.59 Å². The number of hydrogen-bond donors (Lipinski definition) is 3. The van der Waals surface area contributed by atoms with Gasteiger partial charge in [-0.2, -0.15) is 0 Å². The molecular formula is C58H109NO5. The van der Waals surface area contributed by atoms with E-state index in [1.165, 1.54) is 186 Å². The van der Waals surface area contributed by atoms with E-state index in [1.54, 1.807) is 6.08 Å². The number of ether oxygens (including phenoxy) is 1. The van der Waals surface area contributed by atoms with Gasteiger partial charge >= 0.3 is 5.97 Å². The topological polar surface area (TPSA) is 95.9 Å². The fourth-order valence-electron chi connectivity index (χ4n) is 8.55. The summed E-state index contributed by atoms with van der Waals surface area (Å²) in [4.78, 5) is 24.5. The molecule has 0 aliphatic carbocycles. The van der Waals surface area contributed by atoms with Crippen molar-refractivity contribution in [3.63, 3.8) is 0 Å². The average molecular weight is 901 g/mol. The van der Waals surface area contributed by atoms with E-state index in [9.17, 15) is 19.8 Å². The number of esters is 1. The second-order valence-electron chi connectivity index (χ2n) is 19.3. The quantitative estimate of drug-likeness (QED) is 0.0321. The van der Waals surface area contributed by atoms with Crippen LogP contribution in [0.25, 0.3) is 0 Å². The molecule has 0 aromatic heterocycles. The lowest BCUT2D eigenvalue weighted by Gasteiger charge is -2.20. The van der Waals surface area contributed by atoms with Gasteiger partial charge in [0.25, 0.3) is 0 Å². The number of hydrogen-bond acceptors (Lipinski definition) is 5. The molecule has 1 amide bonds. The average Bonchev–Trinajstić information content (AvgIpc) is 3.29. The van der Waals surface area contributed by atoms with Gasteiger partial charge in [-0.25, -0.2) is 0 Å². The molecule has 0 aliphatic heterocycles. The number of allylic oxidation sites excluding steroid dienone is 5. The van der Waals surface area contributed by atoms with E-state index in [0.29, 0.717) is 19.4 Å². The smallest absolute Gasteiger partial charge is 0.305 e. The summed E-state index contributed by atoms with van der Waals surface area (Å²) in [6, 6.07) is -0.639. The van der Waals surface area contributed by atoms with Gasteiger partial charge in [0.05, 0.1) is 25.4 Å². The fourth-order valence-corrected chi connectivity index (χ4v) is 8.55.